The molecule has 0 bridgehead atoms. The van der Waals surface area contributed by atoms with Gasteiger partial charge in [0.25, 0.3) is 0 Å². The molecule has 0 spiro atoms. The summed E-state index contributed by atoms with van der Waals surface area (Å²) in [5.74, 6) is -0.602. The van der Waals surface area contributed by atoms with Crippen LogP contribution in [0.25, 0.3) is 10.9 Å². The van der Waals surface area contributed by atoms with Crippen LogP contribution in [0.2, 0.25) is 5.02 Å². The highest BCUT2D eigenvalue weighted by atomic mass is 35.5. The maximum Gasteiger partial charge on any atom is 0.415 e. The van der Waals surface area contributed by atoms with Crippen molar-refractivity contribution >= 4 is 51.7 Å². The van der Waals surface area contributed by atoms with Crippen molar-refractivity contribution < 1.29 is 23.5 Å². The number of primary amides is 1. The summed E-state index contributed by atoms with van der Waals surface area (Å²) in [4.78, 5) is 33.6. The van der Waals surface area contributed by atoms with E-state index in [1.807, 2.05) is 0 Å². The monoisotopic (exact) mass is 431 g/mol. The average molecular weight is 432 g/mol. The van der Waals surface area contributed by atoms with Crippen LogP contribution in [0.1, 0.15) is 0 Å². The van der Waals surface area contributed by atoms with Crippen LogP contribution in [0.4, 0.5) is 26.4 Å². The van der Waals surface area contributed by atoms with Gasteiger partial charge in [0, 0.05) is 17.1 Å². The number of cyclic esters (lactones) is 1. The summed E-state index contributed by atoms with van der Waals surface area (Å²) < 4.78 is 23.8. The highest BCUT2D eigenvalue weighted by Gasteiger charge is 2.39. The first-order chi connectivity index (χ1) is 14.4. The van der Waals surface area contributed by atoms with E-state index in [4.69, 9.17) is 26.8 Å². The lowest BCUT2D eigenvalue weighted by Gasteiger charge is -2.22. The zero-order chi connectivity index (χ0) is 21.4. The number of fused-ring (bicyclic) bond motifs is 1. The number of nitrogens with two attached hydrogens (primary N) is 1. The number of hydrogen-bond acceptors (Lipinski definition) is 7. The minimum atomic E-state index is -0.985. The molecule has 0 radical (unpaired) electrons. The molecule has 154 valence electrons. The number of halogens is 2. The van der Waals surface area contributed by atoms with Crippen molar-refractivity contribution in [2.75, 3.05) is 23.9 Å². The van der Waals surface area contributed by atoms with Gasteiger partial charge < -0.3 is 20.5 Å². The molecule has 3 N–H and O–H groups in total. The number of anilines is 3. The molecule has 1 aliphatic rings. The Morgan fingerprint density at radius 2 is 2.17 bits per heavy atom. The van der Waals surface area contributed by atoms with E-state index in [1.165, 1.54) is 31.6 Å². The van der Waals surface area contributed by atoms with Gasteiger partial charge in [-0.3, -0.25) is 9.69 Å². The number of ether oxygens (including phenoxy) is 2. The number of benzene rings is 2. The zero-order valence-electron chi connectivity index (χ0n) is 15.6. The first-order valence-electron chi connectivity index (χ1n) is 8.69. The van der Waals surface area contributed by atoms with Crippen LogP contribution >= 0.6 is 11.6 Å². The first-order valence-corrected chi connectivity index (χ1v) is 9.07. The normalized spacial score (nSPS) is 15.9. The number of methoxy groups -OCH3 is 1. The van der Waals surface area contributed by atoms with Crippen LogP contribution in [-0.4, -0.2) is 41.7 Å². The predicted molar refractivity (Wildman–Crippen MR) is 108 cm³/mol. The molecule has 30 heavy (non-hydrogen) atoms. The van der Waals surface area contributed by atoms with E-state index in [1.54, 1.807) is 12.1 Å². The van der Waals surface area contributed by atoms with Crippen molar-refractivity contribution in [2.45, 2.75) is 6.04 Å². The topological polar surface area (TPSA) is 120 Å². The van der Waals surface area contributed by atoms with E-state index in [0.717, 1.165) is 4.90 Å². The summed E-state index contributed by atoms with van der Waals surface area (Å²) in [6.45, 7) is -0.167. The number of carbonyl (C=O) groups excluding carboxylic acids is 2. The molecule has 1 atom stereocenters. The van der Waals surface area contributed by atoms with Gasteiger partial charge in [-0.2, -0.15) is 0 Å². The van der Waals surface area contributed by atoms with Crippen molar-refractivity contribution in [1.29, 1.82) is 0 Å². The van der Waals surface area contributed by atoms with Crippen LogP contribution in [0, 0.1) is 5.82 Å². The minimum absolute atomic E-state index is 0.0511. The van der Waals surface area contributed by atoms with Gasteiger partial charge >= 0.3 is 6.09 Å². The Morgan fingerprint density at radius 1 is 1.37 bits per heavy atom. The molecule has 2 amide bonds. The molecule has 4 rings (SSSR count). The lowest BCUT2D eigenvalue weighted by atomic mass is 10.1. The molecule has 11 heteroatoms. The third-order valence-electron chi connectivity index (χ3n) is 4.58. The number of hydrogen-bond donors (Lipinski definition) is 2. The summed E-state index contributed by atoms with van der Waals surface area (Å²) in [5.41, 5.74) is 6.69. The van der Waals surface area contributed by atoms with E-state index in [2.05, 4.69) is 15.3 Å². The van der Waals surface area contributed by atoms with Gasteiger partial charge in [0.1, 0.15) is 30.3 Å². The van der Waals surface area contributed by atoms with Crippen molar-refractivity contribution in [3.05, 3.63) is 47.5 Å². The van der Waals surface area contributed by atoms with Crippen molar-refractivity contribution in [1.82, 2.24) is 9.97 Å². The Balaban J connectivity index is 1.84. The maximum absolute atomic E-state index is 13.5. The fourth-order valence-corrected chi connectivity index (χ4v) is 3.31. The highest BCUT2D eigenvalue weighted by molar-refractivity contribution is 6.31. The molecule has 1 fully saturated rings. The smallest absolute Gasteiger partial charge is 0.415 e. The predicted octanol–water partition coefficient (Wildman–Crippen LogP) is 2.99. The van der Waals surface area contributed by atoms with Crippen molar-refractivity contribution in [3.8, 4) is 5.75 Å². The fraction of sp³-hybridized carbons (Fsp3) is 0.158. The summed E-state index contributed by atoms with van der Waals surface area (Å²) in [6.07, 6.45) is 0.610. The standard InChI is InChI=1S/C19H15ClFN5O4/c1-29-16-6-13-10(5-14(16)26-15(17(22)27)7-30-19(26)28)18(24-8-23-13)25-9-2-3-12(21)11(20)4-9/h2-6,8,15H,7H2,1H3,(H2,22,27)(H,23,24,25)/t15-/m1/s1. The number of carbonyl (C=O) groups is 2. The second kappa shape index (κ2) is 7.64. The Hall–Kier alpha value is -3.66. The average Bonchev–Trinajstić information content (AvgIpc) is 3.11. The van der Waals surface area contributed by atoms with Gasteiger partial charge in [0.2, 0.25) is 5.91 Å². The Morgan fingerprint density at radius 3 is 2.87 bits per heavy atom. The highest BCUT2D eigenvalue weighted by Crippen LogP contribution is 2.38. The van der Waals surface area contributed by atoms with Crippen LogP contribution in [0.15, 0.2) is 36.7 Å². The van der Waals surface area contributed by atoms with Gasteiger partial charge in [-0.1, -0.05) is 11.6 Å². The van der Waals surface area contributed by atoms with E-state index in [-0.39, 0.29) is 17.3 Å². The fourth-order valence-electron chi connectivity index (χ4n) is 3.13. The van der Waals surface area contributed by atoms with Gasteiger partial charge in [-0.25, -0.2) is 19.2 Å². The third-order valence-corrected chi connectivity index (χ3v) is 4.87. The van der Waals surface area contributed by atoms with Crippen molar-refractivity contribution in [2.24, 2.45) is 5.73 Å². The second-order valence-electron chi connectivity index (χ2n) is 6.38. The van der Waals surface area contributed by atoms with E-state index < -0.39 is 23.9 Å². The number of nitrogens with zero attached hydrogens (tertiary/aromatic N) is 3. The largest absolute Gasteiger partial charge is 0.494 e. The summed E-state index contributed by atoms with van der Waals surface area (Å²) in [6, 6.07) is 6.33. The molecular formula is C19H15ClFN5O4. The van der Waals surface area contributed by atoms with Gasteiger partial charge in [0.05, 0.1) is 23.3 Å². The van der Waals surface area contributed by atoms with Crippen LogP contribution < -0.4 is 20.7 Å². The van der Waals surface area contributed by atoms with Gasteiger partial charge in [-0.05, 0) is 24.3 Å². The molecule has 2 heterocycles. The lowest BCUT2D eigenvalue weighted by molar-refractivity contribution is -0.119. The molecule has 1 aromatic heterocycles. The quantitative estimate of drug-likeness (QED) is 0.637. The van der Waals surface area contributed by atoms with E-state index >= 15 is 0 Å². The Labute approximate surface area is 174 Å². The van der Waals surface area contributed by atoms with Crippen LogP contribution in [0.5, 0.6) is 5.75 Å². The molecule has 9 nitrogen and oxygen atoms in total. The lowest BCUT2D eigenvalue weighted by Crippen LogP contribution is -2.43. The number of nitrogens with one attached hydrogen (secondary N) is 1. The Kier molecular flexibility index (Phi) is 5.00. The molecule has 2 aromatic carbocycles. The molecule has 1 aliphatic heterocycles. The van der Waals surface area contributed by atoms with E-state index in [9.17, 15) is 14.0 Å². The number of amides is 2. The molecule has 3 aromatic rings. The van der Waals surface area contributed by atoms with Crippen molar-refractivity contribution in [3.63, 3.8) is 0 Å². The molecular weight excluding hydrogens is 417 g/mol. The van der Waals surface area contributed by atoms with Gasteiger partial charge in [0.15, 0.2) is 6.04 Å². The first kappa shape index (κ1) is 19.6. The molecule has 0 saturated carbocycles. The minimum Gasteiger partial charge on any atom is -0.494 e. The number of aromatic nitrogens is 2. The molecule has 0 unspecified atom stereocenters. The maximum atomic E-state index is 13.5. The van der Waals surface area contributed by atoms with Gasteiger partial charge in [-0.15, -0.1) is 0 Å². The molecule has 0 aliphatic carbocycles. The zero-order valence-corrected chi connectivity index (χ0v) is 16.3. The SMILES string of the molecule is COc1cc2ncnc(Nc3ccc(F)c(Cl)c3)c2cc1N1C(=O)OC[C@@H]1C(N)=O. The Bertz CT molecular complexity index is 1180. The second-order valence-corrected chi connectivity index (χ2v) is 6.79. The summed E-state index contributed by atoms with van der Waals surface area (Å²) in [7, 11) is 1.42. The van der Waals surface area contributed by atoms with Crippen LogP contribution in [-0.2, 0) is 9.53 Å². The summed E-state index contributed by atoms with van der Waals surface area (Å²) in [5, 5.41) is 3.51. The molecule has 1 saturated heterocycles. The van der Waals surface area contributed by atoms with Crippen LogP contribution in [0.3, 0.4) is 0 Å². The summed E-state index contributed by atoms with van der Waals surface area (Å²) >= 11 is 5.84. The third kappa shape index (κ3) is 3.41. The van der Waals surface area contributed by atoms with E-state index in [0.29, 0.717) is 28.2 Å². The number of rotatable bonds is 5.